The molecule has 0 atom stereocenters. The summed E-state index contributed by atoms with van der Waals surface area (Å²) in [5, 5.41) is 13.1. The molecule has 0 saturated heterocycles. The Morgan fingerprint density at radius 3 is 2.94 bits per heavy atom. The zero-order valence-electron chi connectivity index (χ0n) is 10.1. The van der Waals surface area contributed by atoms with Gasteiger partial charge in [0.1, 0.15) is 5.60 Å². The second kappa shape index (κ2) is 4.77. The number of rotatable bonds is 6. The molecule has 1 saturated carbocycles. The van der Waals surface area contributed by atoms with Crippen molar-refractivity contribution in [3.63, 3.8) is 0 Å². The average Bonchev–Trinajstić information content (AvgIpc) is 2.62. The largest absolute Gasteiger partial charge is 0.483 e. The zero-order valence-corrected chi connectivity index (χ0v) is 10.1. The van der Waals surface area contributed by atoms with E-state index in [1.807, 2.05) is 10.9 Å². The fraction of sp³-hybridized carbons (Fsp3) is 0.667. The Morgan fingerprint density at radius 1 is 1.65 bits per heavy atom. The fourth-order valence-corrected chi connectivity index (χ4v) is 2.16. The minimum absolute atomic E-state index is 0.0754. The van der Waals surface area contributed by atoms with Crippen LogP contribution < -0.4 is 4.74 Å². The third-order valence-corrected chi connectivity index (χ3v) is 3.13. The van der Waals surface area contributed by atoms with Gasteiger partial charge in [-0.15, -0.1) is 0 Å². The second-order valence-corrected chi connectivity index (χ2v) is 4.65. The summed E-state index contributed by atoms with van der Waals surface area (Å²) < 4.78 is 7.63. The monoisotopic (exact) mass is 238 g/mol. The number of ether oxygens (including phenoxy) is 1. The lowest BCUT2D eigenvalue weighted by Gasteiger charge is -2.40. The number of hydrogen-bond acceptors (Lipinski definition) is 3. The summed E-state index contributed by atoms with van der Waals surface area (Å²) in [7, 11) is 0. The number of hydrogen-bond donors (Lipinski definition) is 1. The van der Waals surface area contributed by atoms with E-state index in [-0.39, 0.29) is 6.42 Å². The first-order chi connectivity index (χ1) is 8.13. The highest BCUT2D eigenvalue weighted by atomic mass is 16.5. The van der Waals surface area contributed by atoms with Crippen molar-refractivity contribution in [3.8, 4) is 5.75 Å². The van der Waals surface area contributed by atoms with E-state index < -0.39 is 11.6 Å². The maximum atomic E-state index is 10.8. The quantitative estimate of drug-likeness (QED) is 0.824. The van der Waals surface area contributed by atoms with Crippen LogP contribution in [0.1, 0.15) is 39.0 Å². The molecule has 0 spiro atoms. The summed E-state index contributed by atoms with van der Waals surface area (Å²) in [5.41, 5.74) is -0.494. The molecule has 0 unspecified atom stereocenters. The van der Waals surface area contributed by atoms with E-state index in [0.717, 1.165) is 32.2 Å². The van der Waals surface area contributed by atoms with E-state index in [1.54, 1.807) is 6.20 Å². The van der Waals surface area contributed by atoms with Crippen LogP contribution in [0, 0.1) is 0 Å². The predicted octanol–water partition coefficient (Wildman–Crippen LogP) is 2.07. The Balaban J connectivity index is 2.00. The number of carboxylic acids is 1. The molecule has 1 heterocycles. The number of nitrogens with zero attached hydrogens (tertiary/aromatic N) is 2. The van der Waals surface area contributed by atoms with E-state index in [9.17, 15) is 4.79 Å². The van der Waals surface area contributed by atoms with Crippen molar-refractivity contribution in [2.75, 3.05) is 0 Å². The molecule has 1 aliphatic rings. The third kappa shape index (κ3) is 2.78. The second-order valence-electron chi connectivity index (χ2n) is 4.65. The standard InChI is InChI=1S/C12H18N2O3/c1-2-6-14-9-10(8-13-14)17-12(4-3-5-12)7-11(15)16/h8-9H,2-7H2,1H3,(H,15,16). The van der Waals surface area contributed by atoms with E-state index in [4.69, 9.17) is 9.84 Å². The van der Waals surface area contributed by atoms with Gasteiger partial charge in [-0.2, -0.15) is 5.10 Å². The van der Waals surface area contributed by atoms with Crippen molar-refractivity contribution in [3.05, 3.63) is 12.4 Å². The molecule has 1 aromatic rings. The van der Waals surface area contributed by atoms with Gasteiger partial charge in [0.2, 0.25) is 0 Å². The molecule has 0 radical (unpaired) electrons. The maximum absolute atomic E-state index is 10.8. The van der Waals surface area contributed by atoms with Crippen LogP contribution in [-0.2, 0) is 11.3 Å². The van der Waals surface area contributed by atoms with E-state index in [0.29, 0.717) is 5.75 Å². The topological polar surface area (TPSA) is 64.3 Å². The summed E-state index contributed by atoms with van der Waals surface area (Å²) in [6, 6.07) is 0. The molecule has 2 rings (SSSR count). The molecule has 94 valence electrons. The molecule has 0 amide bonds. The minimum atomic E-state index is -0.800. The predicted molar refractivity (Wildman–Crippen MR) is 62.0 cm³/mol. The van der Waals surface area contributed by atoms with Crippen molar-refractivity contribution in [1.29, 1.82) is 0 Å². The van der Waals surface area contributed by atoms with Crippen molar-refractivity contribution in [2.45, 2.75) is 51.2 Å². The van der Waals surface area contributed by atoms with E-state index in [1.165, 1.54) is 0 Å². The molecule has 1 aromatic heterocycles. The molecule has 1 fully saturated rings. The first-order valence-corrected chi connectivity index (χ1v) is 6.07. The van der Waals surface area contributed by atoms with Crippen LogP contribution >= 0.6 is 0 Å². The fourth-order valence-electron chi connectivity index (χ4n) is 2.16. The van der Waals surface area contributed by atoms with E-state index in [2.05, 4.69) is 12.0 Å². The molecular weight excluding hydrogens is 220 g/mol. The van der Waals surface area contributed by atoms with Crippen LogP contribution in [0.25, 0.3) is 0 Å². The van der Waals surface area contributed by atoms with Gasteiger partial charge in [0, 0.05) is 6.54 Å². The van der Waals surface area contributed by atoms with Crippen molar-refractivity contribution in [2.24, 2.45) is 0 Å². The van der Waals surface area contributed by atoms with Crippen LogP contribution in [-0.4, -0.2) is 26.5 Å². The van der Waals surface area contributed by atoms with Gasteiger partial charge in [-0.3, -0.25) is 9.48 Å². The van der Waals surface area contributed by atoms with Crippen LogP contribution in [0.5, 0.6) is 5.75 Å². The van der Waals surface area contributed by atoms with Crippen molar-refractivity contribution in [1.82, 2.24) is 9.78 Å². The van der Waals surface area contributed by atoms with Gasteiger partial charge in [0.15, 0.2) is 5.75 Å². The van der Waals surface area contributed by atoms with Gasteiger partial charge in [-0.1, -0.05) is 6.92 Å². The van der Waals surface area contributed by atoms with E-state index >= 15 is 0 Å². The molecule has 17 heavy (non-hydrogen) atoms. The molecule has 5 heteroatoms. The molecule has 0 aliphatic heterocycles. The zero-order chi connectivity index (χ0) is 12.3. The first kappa shape index (κ1) is 12.0. The summed E-state index contributed by atoms with van der Waals surface area (Å²) in [4.78, 5) is 10.8. The summed E-state index contributed by atoms with van der Waals surface area (Å²) in [5.74, 6) is -0.120. The lowest BCUT2D eigenvalue weighted by molar-refractivity contribution is -0.144. The number of aliphatic carboxylic acids is 1. The van der Waals surface area contributed by atoms with Gasteiger partial charge in [-0.05, 0) is 25.7 Å². The number of carbonyl (C=O) groups is 1. The molecule has 1 aliphatic carbocycles. The Labute approximate surface area is 100 Å². The Kier molecular flexibility index (Phi) is 3.36. The van der Waals surface area contributed by atoms with Crippen LogP contribution in [0.3, 0.4) is 0 Å². The van der Waals surface area contributed by atoms with Crippen LogP contribution in [0.2, 0.25) is 0 Å². The third-order valence-electron chi connectivity index (χ3n) is 3.13. The Bertz CT molecular complexity index is 396. The number of aromatic nitrogens is 2. The SMILES string of the molecule is CCCn1cc(OC2(CC(=O)O)CCC2)cn1. The first-order valence-electron chi connectivity index (χ1n) is 6.07. The highest BCUT2D eigenvalue weighted by Gasteiger charge is 2.41. The van der Waals surface area contributed by atoms with Crippen molar-refractivity contribution >= 4 is 5.97 Å². The van der Waals surface area contributed by atoms with Gasteiger partial charge in [0.25, 0.3) is 0 Å². The van der Waals surface area contributed by atoms with Gasteiger partial charge in [-0.25, -0.2) is 0 Å². The summed E-state index contributed by atoms with van der Waals surface area (Å²) in [6.07, 6.45) is 7.27. The normalized spacial score (nSPS) is 17.5. The van der Waals surface area contributed by atoms with Crippen LogP contribution in [0.4, 0.5) is 0 Å². The Hall–Kier alpha value is -1.52. The maximum Gasteiger partial charge on any atom is 0.307 e. The Morgan fingerprint density at radius 2 is 2.41 bits per heavy atom. The van der Waals surface area contributed by atoms with Gasteiger partial charge >= 0.3 is 5.97 Å². The number of aryl methyl sites for hydroxylation is 1. The molecule has 0 bridgehead atoms. The van der Waals surface area contributed by atoms with Gasteiger partial charge in [0.05, 0.1) is 18.8 Å². The minimum Gasteiger partial charge on any atom is -0.483 e. The van der Waals surface area contributed by atoms with Gasteiger partial charge < -0.3 is 9.84 Å². The smallest absolute Gasteiger partial charge is 0.307 e. The number of carboxylic acid groups (broad SMARTS) is 1. The lowest BCUT2D eigenvalue weighted by Crippen LogP contribution is -2.44. The highest BCUT2D eigenvalue weighted by Crippen LogP contribution is 2.39. The molecule has 5 nitrogen and oxygen atoms in total. The van der Waals surface area contributed by atoms with Crippen molar-refractivity contribution < 1.29 is 14.6 Å². The lowest BCUT2D eigenvalue weighted by atomic mass is 9.77. The highest BCUT2D eigenvalue weighted by molar-refractivity contribution is 5.68. The average molecular weight is 238 g/mol. The molecule has 1 N–H and O–H groups in total. The summed E-state index contributed by atoms with van der Waals surface area (Å²) in [6.45, 7) is 2.94. The van der Waals surface area contributed by atoms with Crippen LogP contribution in [0.15, 0.2) is 12.4 Å². The molecule has 0 aromatic carbocycles. The molecular formula is C12H18N2O3. The summed E-state index contributed by atoms with van der Waals surface area (Å²) >= 11 is 0.